The fourth-order valence-corrected chi connectivity index (χ4v) is 2.35. The SMILES string of the molecule is CNC(=O)C(C)N1CC(O)CC1CN(C)C. The number of aliphatic hydroxyl groups is 1. The average molecular weight is 229 g/mol. The molecule has 0 aromatic carbocycles. The first-order chi connectivity index (χ1) is 7.45. The number of likely N-dealkylation sites (N-methyl/N-ethyl adjacent to an activating group) is 2. The third kappa shape index (κ3) is 3.17. The van der Waals surface area contributed by atoms with E-state index in [-0.39, 0.29) is 24.1 Å². The molecule has 0 aromatic heterocycles. The Balaban J connectivity index is 2.65. The number of hydrogen-bond acceptors (Lipinski definition) is 4. The minimum absolute atomic E-state index is 0.0119. The van der Waals surface area contributed by atoms with Crippen molar-refractivity contribution in [2.75, 3.05) is 34.2 Å². The van der Waals surface area contributed by atoms with Crippen LogP contribution < -0.4 is 5.32 Å². The Labute approximate surface area is 97.4 Å². The highest BCUT2D eigenvalue weighted by atomic mass is 16.3. The number of nitrogens with one attached hydrogen (secondary N) is 1. The standard InChI is InChI=1S/C11H23N3O2/c1-8(11(16)12-2)14-7-10(15)5-9(14)6-13(3)4/h8-10,15H,5-7H2,1-4H3,(H,12,16). The van der Waals surface area contributed by atoms with Crippen LogP contribution in [0.25, 0.3) is 0 Å². The summed E-state index contributed by atoms with van der Waals surface area (Å²) in [6, 6.07) is 0.0874. The molecule has 0 radical (unpaired) electrons. The largest absolute Gasteiger partial charge is 0.392 e. The van der Waals surface area contributed by atoms with Crippen molar-refractivity contribution in [2.24, 2.45) is 0 Å². The van der Waals surface area contributed by atoms with Crippen molar-refractivity contribution in [3.05, 3.63) is 0 Å². The van der Waals surface area contributed by atoms with E-state index in [9.17, 15) is 9.90 Å². The lowest BCUT2D eigenvalue weighted by Crippen LogP contribution is -2.49. The van der Waals surface area contributed by atoms with Crippen molar-refractivity contribution < 1.29 is 9.90 Å². The first-order valence-corrected chi connectivity index (χ1v) is 5.75. The summed E-state index contributed by atoms with van der Waals surface area (Å²) in [5.74, 6) is 0.0119. The zero-order valence-electron chi connectivity index (χ0n) is 10.6. The lowest BCUT2D eigenvalue weighted by molar-refractivity contribution is -0.125. The molecule has 1 rings (SSSR count). The topological polar surface area (TPSA) is 55.8 Å². The summed E-state index contributed by atoms with van der Waals surface area (Å²) in [5.41, 5.74) is 0. The lowest BCUT2D eigenvalue weighted by Gasteiger charge is -2.30. The van der Waals surface area contributed by atoms with Crippen LogP contribution in [0.3, 0.4) is 0 Å². The Morgan fingerprint density at radius 3 is 2.75 bits per heavy atom. The van der Waals surface area contributed by atoms with Gasteiger partial charge in [-0.25, -0.2) is 0 Å². The van der Waals surface area contributed by atoms with Gasteiger partial charge in [0.25, 0.3) is 0 Å². The highest BCUT2D eigenvalue weighted by Crippen LogP contribution is 2.21. The van der Waals surface area contributed by atoms with Crippen LogP contribution in [0.15, 0.2) is 0 Å². The van der Waals surface area contributed by atoms with Crippen molar-refractivity contribution in [3.63, 3.8) is 0 Å². The van der Waals surface area contributed by atoms with Crippen molar-refractivity contribution >= 4 is 5.91 Å². The van der Waals surface area contributed by atoms with Crippen LogP contribution in [0.2, 0.25) is 0 Å². The Hall–Kier alpha value is -0.650. The van der Waals surface area contributed by atoms with E-state index in [4.69, 9.17) is 0 Å². The number of aliphatic hydroxyl groups excluding tert-OH is 1. The van der Waals surface area contributed by atoms with Gasteiger partial charge >= 0.3 is 0 Å². The van der Waals surface area contributed by atoms with Crippen LogP contribution in [0.5, 0.6) is 0 Å². The highest BCUT2D eigenvalue weighted by Gasteiger charge is 2.36. The molecule has 5 heteroatoms. The van der Waals surface area contributed by atoms with Gasteiger partial charge < -0.3 is 15.3 Å². The van der Waals surface area contributed by atoms with Gasteiger partial charge in [0.2, 0.25) is 5.91 Å². The number of amides is 1. The number of hydrogen-bond donors (Lipinski definition) is 2. The maximum Gasteiger partial charge on any atom is 0.236 e. The van der Waals surface area contributed by atoms with E-state index in [0.29, 0.717) is 6.54 Å². The molecule has 0 aliphatic carbocycles. The number of likely N-dealkylation sites (tertiary alicyclic amines) is 1. The van der Waals surface area contributed by atoms with E-state index in [1.165, 1.54) is 0 Å². The molecule has 1 heterocycles. The Bertz CT molecular complexity index is 245. The summed E-state index contributed by atoms with van der Waals surface area (Å²) in [7, 11) is 5.66. The monoisotopic (exact) mass is 229 g/mol. The summed E-state index contributed by atoms with van der Waals surface area (Å²) >= 11 is 0. The molecule has 0 spiro atoms. The predicted octanol–water partition coefficient (Wildman–Crippen LogP) is -0.882. The van der Waals surface area contributed by atoms with Gasteiger partial charge in [0.1, 0.15) is 0 Å². The maximum atomic E-state index is 11.6. The number of β-amino-alcohol motifs (C(OH)–C–C–N with tert-alkyl or cyclic N) is 1. The molecule has 1 saturated heterocycles. The molecule has 3 atom stereocenters. The second kappa shape index (κ2) is 5.61. The molecule has 94 valence electrons. The number of carbonyl (C=O) groups excluding carboxylic acids is 1. The summed E-state index contributed by atoms with van der Waals surface area (Å²) in [6.07, 6.45) is 0.441. The van der Waals surface area contributed by atoms with Gasteiger partial charge in [0.15, 0.2) is 0 Å². The molecule has 0 bridgehead atoms. The second-order valence-corrected chi connectivity index (χ2v) is 4.79. The smallest absolute Gasteiger partial charge is 0.236 e. The van der Waals surface area contributed by atoms with Gasteiger partial charge in [-0.2, -0.15) is 0 Å². The van der Waals surface area contributed by atoms with Crippen LogP contribution in [0, 0.1) is 0 Å². The summed E-state index contributed by atoms with van der Waals surface area (Å²) in [4.78, 5) is 15.8. The van der Waals surface area contributed by atoms with Crippen molar-refractivity contribution in [1.82, 2.24) is 15.1 Å². The Morgan fingerprint density at radius 2 is 2.25 bits per heavy atom. The normalized spacial score (nSPS) is 28.4. The molecule has 1 fully saturated rings. The quantitative estimate of drug-likeness (QED) is 0.657. The molecular formula is C11H23N3O2. The van der Waals surface area contributed by atoms with Crippen molar-refractivity contribution in [3.8, 4) is 0 Å². The summed E-state index contributed by atoms with van der Waals surface area (Å²) < 4.78 is 0. The van der Waals surface area contributed by atoms with E-state index >= 15 is 0 Å². The van der Waals surface area contributed by atoms with E-state index in [1.807, 2.05) is 21.0 Å². The molecular weight excluding hydrogens is 206 g/mol. The van der Waals surface area contributed by atoms with Crippen LogP contribution >= 0.6 is 0 Å². The zero-order valence-corrected chi connectivity index (χ0v) is 10.6. The maximum absolute atomic E-state index is 11.6. The number of carbonyl (C=O) groups is 1. The Morgan fingerprint density at radius 1 is 1.62 bits per heavy atom. The van der Waals surface area contributed by atoms with Crippen LogP contribution in [-0.4, -0.2) is 73.2 Å². The van der Waals surface area contributed by atoms with Crippen LogP contribution in [0.1, 0.15) is 13.3 Å². The lowest BCUT2D eigenvalue weighted by atomic mass is 10.1. The molecule has 1 aliphatic rings. The molecule has 16 heavy (non-hydrogen) atoms. The minimum atomic E-state index is -0.308. The van der Waals surface area contributed by atoms with Gasteiger partial charge in [0.05, 0.1) is 12.1 Å². The van der Waals surface area contributed by atoms with Crippen LogP contribution in [-0.2, 0) is 4.79 Å². The highest BCUT2D eigenvalue weighted by molar-refractivity contribution is 5.81. The Kier molecular flexibility index (Phi) is 4.70. The number of nitrogens with zero attached hydrogens (tertiary/aromatic N) is 2. The molecule has 0 saturated carbocycles. The van der Waals surface area contributed by atoms with E-state index < -0.39 is 0 Å². The van der Waals surface area contributed by atoms with Gasteiger partial charge in [-0.1, -0.05) is 0 Å². The average Bonchev–Trinajstić information content (AvgIpc) is 2.56. The molecule has 0 aromatic rings. The third-order valence-electron chi connectivity index (χ3n) is 3.13. The molecule has 2 N–H and O–H groups in total. The fourth-order valence-electron chi connectivity index (χ4n) is 2.35. The second-order valence-electron chi connectivity index (χ2n) is 4.79. The van der Waals surface area contributed by atoms with Gasteiger partial charge in [0, 0.05) is 26.2 Å². The molecule has 1 aliphatic heterocycles. The summed E-state index contributed by atoms with van der Waals surface area (Å²) in [6.45, 7) is 3.35. The number of rotatable bonds is 4. The van der Waals surface area contributed by atoms with E-state index in [0.717, 1.165) is 13.0 Å². The van der Waals surface area contributed by atoms with Crippen molar-refractivity contribution in [2.45, 2.75) is 31.5 Å². The fraction of sp³-hybridized carbons (Fsp3) is 0.909. The van der Waals surface area contributed by atoms with Crippen LogP contribution in [0.4, 0.5) is 0 Å². The van der Waals surface area contributed by atoms with E-state index in [1.54, 1.807) is 7.05 Å². The molecule has 5 nitrogen and oxygen atoms in total. The summed E-state index contributed by atoms with van der Waals surface area (Å²) in [5, 5.41) is 12.3. The van der Waals surface area contributed by atoms with Crippen molar-refractivity contribution in [1.29, 1.82) is 0 Å². The van der Waals surface area contributed by atoms with Gasteiger partial charge in [-0.3, -0.25) is 9.69 Å². The minimum Gasteiger partial charge on any atom is -0.392 e. The molecule has 1 amide bonds. The molecule has 3 unspecified atom stereocenters. The van der Waals surface area contributed by atoms with E-state index in [2.05, 4.69) is 15.1 Å². The van der Waals surface area contributed by atoms with Gasteiger partial charge in [-0.05, 0) is 27.4 Å². The third-order valence-corrected chi connectivity index (χ3v) is 3.13. The predicted molar refractivity (Wildman–Crippen MR) is 63.2 cm³/mol. The first kappa shape index (κ1) is 13.4. The first-order valence-electron chi connectivity index (χ1n) is 5.75. The zero-order chi connectivity index (χ0) is 12.3. The van der Waals surface area contributed by atoms with Gasteiger partial charge in [-0.15, -0.1) is 0 Å².